The predicted octanol–water partition coefficient (Wildman–Crippen LogP) is 2.66. The number of H-pyrrole nitrogens is 1. The van der Waals surface area contributed by atoms with Crippen LogP contribution in [-0.4, -0.2) is 27.3 Å². The molecule has 0 aliphatic heterocycles. The molecule has 7 nitrogen and oxygen atoms in total. The SMILES string of the molecule is NC(=O)C=Cc1ccc(CN=Cc2c(O)[nH]c(=O)c3ccc(I)cc23)cc1O. The molecule has 0 fully saturated rings. The van der Waals surface area contributed by atoms with E-state index in [1.54, 1.807) is 24.3 Å². The Kier molecular flexibility index (Phi) is 5.78. The normalized spacial score (nSPS) is 11.6. The van der Waals surface area contributed by atoms with Gasteiger partial charge < -0.3 is 15.9 Å². The Morgan fingerprint density at radius 2 is 1.96 bits per heavy atom. The van der Waals surface area contributed by atoms with Crippen LogP contribution in [0.2, 0.25) is 0 Å². The smallest absolute Gasteiger partial charge is 0.258 e. The molecule has 3 aromatic rings. The van der Waals surface area contributed by atoms with Crippen molar-refractivity contribution in [2.75, 3.05) is 0 Å². The molecular weight excluding hydrogens is 473 g/mol. The van der Waals surface area contributed by atoms with E-state index >= 15 is 0 Å². The van der Waals surface area contributed by atoms with Crippen molar-refractivity contribution in [3.05, 3.63) is 73.1 Å². The minimum atomic E-state index is -0.601. The van der Waals surface area contributed by atoms with Gasteiger partial charge in [0.15, 0.2) is 0 Å². The second-order valence-electron chi connectivity index (χ2n) is 6.00. The van der Waals surface area contributed by atoms with Gasteiger partial charge in [-0.15, -0.1) is 0 Å². The summed E-state index contributed by atoms with van der Waals surface area (Å²) in [5, 5.41) is 21.2. The highest BCUT2D eigenvalue weighted by atomic mass is 127. The van der Waals surface area contributed by atoms with Crippen LogP contribution in [0.3, 0.4) is 0 Å². The molecule has 0 saturated heterocycles. The number of fused-ring (bicyclic) bond motifs is 1. The molecule has 2 aromatic carbocycles. The molecule has 0 aliphatic carbocycles. The molecule has 0 spiro atoms. The summed E-state index contributed by atoms with van der Waals surface area (Å²) in [6.45, 7) is 0.247. The molecule has 1 amide bonds. The molecule has 28 heavy (non-hydrogen) atoms. The van der Waals surface area contributed by atoms with Crippen molar-refractivity contribution >= 4 is 51.6 Å². The molecule has 142 valence electrons. The van der Waals surface area contributed by atoms with Gasteiger partial charge in [0.1, 0.15) is 5.75 Å². The van der Waals surface area contributed by atoms with Gasteiger partial charge in [-0.05, 0) is 58.5 Å². The highest BCUT2D eigenvalue weighted by Gasteiger charge is 2.09. The summed E-state index contributed by atoms with van der Waals surface area (Å²) in [4.78, 5) is 29.5. The first-order chi connectivity index (χ1) is 13.3. The fraction of sp³-hybridized carbons (Fsp3) is 0.0500. The van der Waals surface area contributed by atoms with Crippen LogP contribution in [0.4, 0.5) is 0 Å². The molecule has 0 saturated carbocycles. The maximum absolute atomic E-state index is 12.0. The summed E-state index contributed by atoms with van der Waals surface area (Å²) in [5.41, 5.74) is 6.28. The third-order valence-corrected chi connectivity index (χ3v) is 4.69. The van der Waals surface area contributed by atoms with Crippen LogP contribution in [0, 0.1) is 3.57 Å². The van der Waals surface area contributed by atoms with Gasteiger partial charge in [-0.2, -0.15) is 0 Å². The van der Waals surface area contributed by atoms with Crippen molar-refractivity contribution < 1.29 is 15.0 Å². The summed E-state index contributed by atoms with van der Waals surface area (Å²) in [7, 11) is 0. The first kappa shape index (κ1) is 19.6. The number of aromatic nitrogens is 1. The summed E-state index contributed by atoms with van der Waals surface area (Å²) in [6.07, 6.45) is 4.08. The van der Waals surface area contributed by atoms with E-state index < -0.39 is 5.91 Å². The average Bonchev–Trinajstić information content (AvgIpc) is 2.63. The van der Waals surface area contributed by atoms with Crippen LogP contribution >= 0.6 is 22.6 Å². The van der Waals surface area contributed by atoms with Crippen molar-refractivity contribution in [1.82, 2.24) is 4.98 Å². The van der Waals surface area contributed by atoms with Crippen LogP contribution in [0.1, 0.15) is 16.7 Å². The maximum atomic E-state index is 12.0. The van der Waals surface area contributed by atoms with E-state index in [1.165, 1.54) is 18.4 Å². The van der Waals surface area contributed by atoms with E-state index in [4.69, 9.17) is 5.73 Å². The first-order valence-corrected chi connectivity index (χ1v) is 9.27. The standard InChI is InChI=1S/C20H16IN3O4/c21-13-4-5-14-15(8-13)16(20(28)24-19(14)27)10-23-9-11-1-2-12(17(25)7-11)3-6-18(22)26/h1-8,10,25H,9H2,(H2,22,26)(H2,24,27,28). The molecule has 8 heteroatoms. The molecule has 0 radical (unpaired) electrons. The number of nitrogens with one attached hydrogen (secondary N) is 1. The third-order valence-electron chi connectivity index (χ3n) is 4.02. The fourth-order valence-corrected chi connectivity index (χ4v) is 3.17. The van der Waals surface area contributed by atoms with Gasteiger partial charge in [0, 0.05) is 32.2 Å². The number of hydrogen-bond acceptors (Lipinski definition) is 5. The zero-order chi connectivity index (χ0) is 20.3. The number of aliphatic imine (C=N–C) groups is 1. The molecule has 5 N–H and O–H groups in total. The number of primary amides is 1. The lowest BCUT2D eigenvalue weighted by molar-refractivity contribution is -0.113. The number of halogens is 1. The highest BCUT2D eigenvalue weighted by Crippen LogP contribution is 2.24. The van der Waals surface area contributed by atoms with Gasteiger partial charge in [0.2, 0.25) is 11.8 Å². The van der Waals surface area contributed by atoms with Crippen molar-refractivity contribution in [3.8, 4) is 11.6 Å². The predicted molar refractivity (Wildman–Crippen MR) is 117 cm³/mol. The molecule has 1 heterocycles. The largest absolute Gasteiger partial charge is 0.507 e. The summed E-state index contributed by atoms with van der Waals surface area (Å²) in [5.74, 6) is -0.856. The monoisotopic (exact) mass is 489 g/mol. The first-order valence-electron chi connectivity index (χ1n) is 8.19. The number of hydrogen-bond donors (Lipinski definition) is 4. The lowest BCUT2D eigenvalue weighted by Gasteiger charge is -2.06. The quantitative estimate of drug-likeness (QED) is 0.250. The minimum Gasteiger partial charge on any atom is -0.507 e. The van der Waals surface area contributed by atoms with E-state index in [0.717, 1.165) is 15.2 Å². The number of pyridine rings is 1. The Bertz CT molecular complexity index is 1180. The van der Waals surface area contributed by atoms with Crippen LogP contribution in [0.25, 0.3) is 16.8 Å². The third kappa shape index (κ3) is 4.39. The molecule has 0 bridgehead atoms. The number of aromatic amines is 1. The zero-order valence-corrected chi connectivity index (χ0v) is 16.7. The number of rotatable bonds is 5. The number of nitrogens with two attached hydrogens (primary N) is 1. The molecular formula is C20H16IN3O4. The van der Waals surface area contributed by atoms with E-state index in [-0.39, 0.29) is 23.7 Å². The van der Waals surface area contributed by atoms with Crippen molar-refractivity contribution in [3.63, 3.8) is 0 Å². The van der Waals surface area contributed by atoms with Crippen LogP contribution in [0.15, 0.2) is 52.3 Å². The Labute approximate surface area is 173 Å². The van der Waals surface area contributed by atoms with E-state index in [0.29, 0.717) is 21.9 Å². The number of aromatic hydroxyl groups is 2. The van der Waals surface area contributed by atoms with Crippen LogP contribution < -0.4 is 11.3 Å². The van der Waals surface area contributed by atoms with Crippen LogP contribution in [0.5, 0.6) is 11.6 Å². The number of nitrogens with zero attached hydrogens (tertiary/aromatic N) is 1. The molecule has 0 unspecified atom stereocenters. The number of phenolic OH excluding ortho intramolecular Hbond substituents is 1. The summed E-state index contributed by atoms with van der Waals surface area (Å²) >= 11 is 2.13. The molecule has 1 aromatic heterocycles. The number of amides is 1. The molecule has 0 atom stereocenters. The summed E-state index contributed by atoms with van der Waals surface area (Å²) in [6, 6.07) is 10.3. The summed E-state index contributed by atoms with van der Waals surface area (Å²) < 4.78 is 0.925. The van der Waals surface area contributed by atoms with Crippen LogP contribution in [-0.2, 0) is 11.3 Å². The number of carbonyl (C=O) groups is 1. The Hall–Kier alpha value is -3.14. The Morgan fingerprint density at radius 3 is 2.68 bits per heavy atom. The van der Waals surface area contributed by atoms with E-state index in [9.17, 15) is 19.8 Å². The van der Waals surface area contributed by atoms with Gasteiger partial charge in [-0.1, -0.05) is 12.1 Å². The van der Waals surface area contributed by atoms with Gasteiger partial charge >= 0.3 is 0 Å². The Morgan fingerprint density at radius 1 is 1.18 bits per heavy atom. The van der Waals surface area contributed by atoms with Gasteiger partial charge in [-0.3, -0.25) is 19.6 Å². The topological polar surface area (TPSA) is 129 Å². The van der Waals surface area contributed by atoms with Gasteiger partial charge in [-0.25, -0.2) is 0 Å². The lowest BCUT2D eigenvalue weighted by atomic mass is 10.1. The average molecular weight is 489 g/mol. The van der Waals surface area contributed by atoms with Crippen molar-refractivity contribution in [2.24, 2.45) is 10.7 Å². The Balaban J connectivity index is 1.88. The number of phenols is 1. The van der Waals surface area contributed by atoms with Crippen molar-refractivity contribution in [2.45, 2.75) is 6.54 Å². The minimum absolute atomic E-state index is 0.00269. The molecule has 3 rings (SSSR count). The second-order valence-corrected chi connectivity index (χ2v) is 7.25. The number of carbonyl (C=O) groups excluding carboxylic acids is 1. The van der Waals surface area contributed by atoms with E-state index in [1.807, 2.05) is 6.07 Å². The molecule has 0 aliphatic rings. The van der Waals surface area contributed by atoms with Crippen molar-refractivity contribution in [1.29, 1.82) is 0 Å². The highest BCUT2D eigenvalue weighted by molar-refractivity contribution is 14.1. The van der Waals surface area contributed by atoms with Gasteiger partial charge in [0.05, 0.1) is 12.1 Å². The maximum Gasteiger partial charge on any atom is 0.258 e. The lowest BCUT2D eigenvalue weighted by Crippen LogP contribution is -2.08. The number of benzene rings is 2. The zero-order valence-electron chi connectivity index (χ0n) is 14.5. The van der Waals surface area contributed by atoms with Gasteiger partial charge in [0.25, 0.3) is 5.56 Å². The fourth-order valence-electron chi connectivity index (χ4n) is 2.68. The second kappa shape index (κ2) is 8.26. The van der Waals surface area contributed by atoms with E-state index in [2.05, 4.69) is 32.6 Å².